The van der Waals surface area contributed by atoms with Gasteiger partial charge in [-0.05, 0) is 17.3 Å². The highest BCUT2D eigenvalue weighted by Crippen LogP contribution is 2.20. The molecule has 0 aromatic carbocycles. The van der Waals surface area contributed by atoms with Crippen LogP contribution < -0.4 is 0 Å². The van der Waals surface area contributed by atoms with Gasteiger partial charge in [0.25, 0.3) is 0 Å². The summed E-state index contributed by atoms with van der Waals surface area (Å²) in [5.41, 5.74) is 0.578. The summed E-state index contributed by atoms with van der Waals surface area (Å²) in [6.45, 7) is 0. The minimum absolute atomic E-state index is 0.217. The van der Waals surface area contributed by atoms with Crippen LogP contribution in [0.1, 0.15) is 0 Å². The molecule has 2 heterocycles. The number of hydrogen-bond donors (Lipinski definition) is 0. The van der Waals surface area contributed by atoms with E-state index in [0.29, 0.717) is 10.7 Å². The number of fused-ring (bicyclic) bond motifs is 1. The van der Waals surface area contributed by atoms with Gasteiger partial charge in [-0.15, -0.1) is 4.91 Å². The molecule has 12 heavy (non-hydrogen) atoms. The van der Waals surface area contributed by atoms with Crippen LogP contribution in [0.4, 0.5) is 5.82 Å². The number of hydrogen-bond acceptors (Lipinski definition) is 4. The molecule has 0 atom stereocenters. The molecule has 60 valence electrons. The van der Waals surface area contributed by atoms with Crippen LogP contribution in [-0.2, 0) is 0 Å². The Morgan fingerprint density at radius 2 is 2.33 bits per heavy atom. The zero-order valence-corrected chi connectivity index (χ0v) is 6.56. The first-order chi connectivity index (χ1) is 5.83. The molecule has 0 aliphatic heterocycles. The standard InChI is InChI=1S/C6H3ClN4O/c7-6-4-1-2-5(10-12)11(4)9-3-8-6/h1-3H. The van der Waals surface area contributed by atoms with Crippen molar-refractivity contribution in [2.75, 3.05) is 0 Å². The largest absolute Gasteiger partial charge is 0.221 e. The zero-order valence-electron chi connectivity index (χ0n) is 5.81. The van der Waals surface area contributed by atoms with Crippen LogP contribution in [0.5, 0.6) is 0 Å². The normalized spacial score (nSPS) is 10.4. The van der Waals surface area contributed by atoms with E-state index in [1.165, 1.54) is 16.9 Å². The molecule has 0 unspecified atom stereocenters. The zero-order chi connectivity index (χ0) is 8.55. The molecule has 0 saturated carbocycles. The fourth-order valence-electron chi connectivity index (χ4n) is 0.959. The second-order valence-corrected chi connectivity index (χ2v) is 2.49. The molecule has 0 N–H and O–H groups in total. The molecule has 2 aromatic heterocycles. The molecule has 0 saturated heterocycles. The van der Waals surface area contributed by atoms with E-state index in [1.807, 2.05) is 0 Å². The van der Waals surface area contributed by atoms with Crippen molar-refractivity contribution >= 4 is 22.9 Å². The maximum atomic E-state index is 10.2. The molecule has 0 amide bonds. The highest BCUT2D eigenvalue weighted by atomic mass is 35.5. The average molecular weight is 183 g/mol. The van der Waals surface area contributed by atoms with Crippen LogP contribution in [0.2, 0.25) is 5.15 Å². The van der Waals surface area contributed by atoms with Gasteiger partial charge in [-0.2, -0.15) is 5.10 Å². The smallest absolute Gasteiger partial charge is 0.198 e. The van der Waals surface area contributed by atoms with Crippen LogP contribution in [-0.4, -0.2) is 14.6 Å². The second kappa shape index (κ2) is 2.53. The van der Waals surface area contributed by atoms with Crippen LogP contribution >= 0.6 is 11.6 Å². The van der Waals surface area contributed by atoms with Crippen LogP contribution in [0.25, 0.3) is 5.52 Å². The summed E-state index contributed by atoms with van der Waals surface area (Å²) in [4.78, 5) is 14.0. The van der Waals surface area contributed by atoms with Crippen LogP contribution in [0.3, 0.4) is 0 Å². The molecule has 5 nitrogen and oxygen atoms in total. The van der Waals surface area contributed by atoms with Gasteiger partial charge >= 0.3 is 0 Å². The van der Waals surface area contributed by atoms with Gasteiger partial charge < -0.3 is 0 Å². The number of nitroso groups, excluding NO2 is 1. The van der Waals surface area contributed by atoms with Crippen molar-refractivity contribution < 1.29 is 0 Å². The van der Waals surface area contributed by atoms with E-state index < -0.39 is 0 Å². The number of rotatable bonds is 1. The lowest BCUT2D eigenvalue weighted by Crippen LogP contribution is -1.91. The lowest BCUT2D eigenvalue weighted by atomic mass is 10.5. The lowest BCUT2D eigenvalue weighted by Gasteiger charge is -1.93. The maximum Gasteiger partial charge on any atom is 0.198 e. The summed E-state index contributed by atoms with van der Waals surface area (Å²) in [6, 6.07) is 3.17. The van der Waals surface area contributed by atoms with Crippen LogP contribution in [0, 0.1) is 4.91 Å². The summed E-state index contributed by atoms with van der Waals surface area (Å²) in [5, 5.41) is 6.87. The topological polar surface area (TPSA) is 59.6 Å². The fraction of sp³-hybridized carbons (Fsp3) is 0. The Morgan fingerprint density at radius 1 is 1.50 bits per heavy atom. The summed E-state index contributed by atoms with van der Waals surface area (Å²) < 4.78 is 1.34. The third-order valence-electron chi connectivity index (χ3n) is 1.48. The number of aromatic nitrogens is 3. The van der Waals surface area contributed by atoms with Crippen LogP contribution in [0.15, 0.2) is 23.6 Å². The highest BCUT2D eigenvalue weighted by Gasteiger charge is 2.05. The van der Waals surface area contributed by atoms with Gasteiger partial charge in [0.15, 0.2) is 11.0 Å². The number of halogens is 1. The monoisotopic (exact) mass is 182 g/mol. The van der Waals surface area contributed by atoms with Gasteiger partial charge in [0.05, 0.1) is 0 Å². The van der Waals surface area contributed by atoms with E-state index in [-0.39, 0.29) is 5.82 Å². The first-order valence-electron chi connectivity index (χ1n) is 3.14. The Morgan fingerprint density at radius 3 is 3.08 bits per heavy atom. The minimum Gasteiger partial charge on any atom is -0.221 e. The molecule has 0 bridgehead atoms. The molecule has 2 rings (SSSR count). The Balaban J connectivity index is 2.88. The maximum absolute atomic E-state index is 10.2. The predicted molar refractivity (Wildman–Crippen MR) is 43.5 cm³/mol. The summed E-state index contributed by atoms with van der Waals surface area (Å²) in [6.07, 6.45) is 1.27. The van der Waals surface area contributed by atoms with E-state index in [1.54, 1.807) is 6.07 Å². The van der Waals surface area contributed by atoms with Crippen molar-refractivity contribution in [3.8, 4) is 0 Å². The third-order valence-corrected chi connectivity index (χ3v) is 1.77. The SMILES string of the molecule is O=Nc1ccc2c(Cl)ncnn12. The summed E-state index contributed by atoms with van der Waals surface area (Å²) in [7, 11) is 0. The molecule has 0 fully saturated rings. The molecule has 0 aliphatic rings. The quantitative estimate of drug-likeness (QED) is 0.632. The van der Waals surface area contributed by atoms with E-state index in [4.69, 9.17) is 11.6 Å². The molecule has 2 aromatic rings. The Kier molecular flexibility index (Phi) is 1.51. The number of nitrogens with zero attached hydrogens (tertiary/aromatic N) is 4. The van der Waals surface area contributed by atoms with Gasteiger partial charge in [-0.1, -0.05) is 11.6 Å². The van der Waals surface area contributed by atoms with Crippen molar-refractivity contribution in [3.63, 3.8) is 0 Å². The Bertz CT molecular complexity index is 438. The predicted octanol–water partition coefficient (Wildman–Crippen LogP) is 1.78. The van der Waals surface area contributed by atoms with E-state index in [0.717, 1.165) is 0 Å². The van der Waals surface area contributed by atoms with Crippen molar-refractivity contribution in [3.05, 3.63) is 28.5 Å². The van der Waals surface area contributed by atoms with Gasteiger partial charge in [0, 0.05) is 0 Å². The Hall–Kier alpha value is -1.49. The van der Waals surface area contributed by atoms with E-state index >= 15 is 0 Å². The van der Waals surface area contributed by atoms with Crippen molar-refractivity contribution in [1.29, 1.82) is 0 Å². The lowest BCUT2D eigenvalue weighted by molar-refractivity contribution is 0.901. The highest BCUT2D eigenvalue weighted by molar-refractivity contribution is 6.32. The molecule has 0 aliphatic carbocycles. The van der Waals surface area contributed by atoms with Crippen molar-refractivity contribution in [1.82, 2.24) is 14.6 Å². The first kappa shape index (κ1) is 7.17. The molecule has 0 spiro atoms. The molecular weight excluding hydrogens is 180 g/mol. The van der Waals surface area contributed by atoms with Gasteiger partial charge in [-0.3, -0.25) is 0 Å². The first-order valence-corrected chi connectivity index (χ1v) is 3.52. The van der Waals surface area contributed by atoms with Crippen molar-refractivity contribution in [2.45, 2.75) is 0 Å². The molecule has 0 radical (unpaired) electrons. The minimum atomic E-state index is 0.217. The van der Waals surface area contributed by atoms with Crippen molar-refractivity contribution in [2.24, 2.45) is 5.18 Å². The third kappa shape index (κ3) is 0.868. The van der Waals surface area contributed by atoms with Gasteiger partial charge in [0.2, 0.25) is 0 Å². The van der Waals surface area contributed by atoms with E-state index in [9.17, 15) is 4.91 Å². The Labute approximate surface area is 72.0 Å². The average Bonchev–Trinajstić information content (AvgIpc) is 2.49. The molecule has 6 heteroatoms. The summed E-state index contributed by atoms with van der Waals surface area (Å²) >= 11 is 5.71. The summed E-state index contributed by atoms with van der Waals surface area (Å²) in [5.74, 6) is 0.217. The van der Waals surface area contributed by atoms with Gasteiger partial charge in [-0.25, -0.2) is 9.50 Å². The van der Waals surface area contributed by atoms with Gasteiger partial charge in [0.1, 0.15) is 11.8 Å². The van der Waals surface area contributed by atoms with E-state index in [2.05, 4.69) is 15.3 Å². The molecular formula is C6H3ClN4O. The second-order valence-electron chi connectivity index (χ2n) is 2.13. The fourth-order valence-corrected chi connectivity index (χ4v) is 1.15.